The molecule has 0 bridgehead atoms. The van der Waals surface area contributed by atoms with Crippen LogP contribution in [0.1, 0.15) is 47.5 Å². The molecule has 25 heavy (non-hydrogen) atoms. The first-order chi connectivity index (χ1) is 11.5. The molecular formula is C17H32N4O4. The van der Waals surface area contributed by atoms with Crippen molar-refractivity contribution in [2.45, 2.75) is 65.1 Å². The monoisotopic (exact) mass is 356 g/mol. The lowest BCUT2D eigenvalue weighted by molar-refractivity contribution is -0.139. The van der Waals surface area contributed by atoms with Gasteiger partial charge in [0.2, 0.25) is 5.91 Å². The molecule has 1 saturated heterocycles. The molecule has 0 spiro atoms. The van der Waals surface area contributed by atoms with Crippen LogP contribution in [0.3, 0.4) is 0 Å². The van der Waals surface area contributed by atoms with Crippen molar-refractivity contribution >= 4 is 17.9 Å². The molecule has 3 N–H and O–H groups in total. The van der Waals surface area contributed by atoms with Gasteiger partial charge >= 0.3 is 12.0 Å². The quantitative estimate of drug-likeness (QED) is 0.653. The van der Waals surface area contributed by atoms with Crippen LogP contribution in [0.15, 0.2) is 0 Å². The molecule has 0 aromatic carbocycles. The fourth-order valence-corrected chi connectivity index (χ4v) is 3.07. The Labute approximate surface area is 149 Å². The molecule has 0 aliphatic carbocycles. The maximum atomic E-state index is 12.3. The number of aliphatic carboxylic acids is 1. The summed E-state index contributed by atoms with van der Waals surface area (Å²) in [5.74, 6) is -1.14. The third kappa shape index (κ3) is 7.39. The van der Waals surface area contributed by atoms with Gasteiger partial charge in [-0.15, -0.1) is 0 Å². The van der Waals surface area contributed by atoms with Gasteiger partial charge in [-0.05, 0) is 47.1 Å². The fraction of sp³-hybridized carbons (Fsp3) is 0.824. The van der Waals surface area contributed by atoms with Crippen molar-refractivity contribution in [3.05, 3.63) is 0 Å². The van der Waals surface area contributed by atoms with Gasteiger partial charge in [-0.1, -0.05) is 6.92 Å². The van der Waals surface area contributed by atoms with E-state index in [0.717, 1.165) is 12.8 Å². The van der Waals surface area contributed by atoms with E-state index in [4.69, 9.17) is 5.11 Å². The summed E-state index contributed by atoms with van der Waals surface area (Å²) in [5, 5.41) is 14.1. The van der Waals surface area contributed by atoms with Crippen LogP contribution in [-0.4, -0.2) is 76.6 Å². The number of carboxylic acid groups (broad SMARTS) is 1. The first-order valence-corrected chi connectivity index (χ1v) is 8.86. The maximum absolute atomic E-state index is 12.3. The van der Waals surface area contributed by atoms with E-state index in [-0.39, 0.29) is 18.5 Å². The van der Waals surface area contributed by atoms with E-state index in [1.807, 2.05) is 37.5 Å². The van der Waals surface area contributed by atoms with Gasteiger partial charge in [-0.3, -0.25) is 24.7 Å². The molecule has 8 nitrogen and oxygen atoms in total. The van der Waals surface area contributed by atoms with E-state index in [0.29, 0.717) is 19.6 Å². The standard InChI is InChI=1S/C17H32N4O4/c1-6-20(11-14(22)23)13-7-9-21(10-8-13)12(2)15(24)18-16(25)19-17(3,4)5/h12-13H,6-11H2,1-5H3,(H,22,23)(H2,18,19,24,25). The van der Waals surface area contributed by atoms with Crippen LogP contribution in [0.4, 0.5) is 4.79 Å². The van der Waals surface area contributed by atoms with E-state index >= 15 is 0 Å². The lowest BCUT2D eigenvalue weighted by Gasteiger charge is -2.39. The Hall–Kier alpha value is -1.67. The van der Waals surface area contributed by atoms with Crippen molar-refractivity contribution in [2.75, 3.05) is 26.2 Å². The van der Waals surface area contributed by atoms with Crippen molar-refractivity contribution in [3.63, 3.8) is 0 Å². The van der Waals surface area contributed by atoms with Crippen molar-refractivity contribution in [3.8, 4) is 0 Å². The molecule has 0 aromatic rings. The van der Waals surface area contributed by atoms with Gasteiger partial charge in [-0.25, -0.2) is 4.79 Å². The molecule has 144 valence electrons. The highest BCUT2D eigenvalue weighted by Gasteiger charge is 2.30. The van der Waals surface area contributed by atoms with Gasteiger partial charge in [0.1, 0.15) is 0 Å². The second-order valence-corrected chi connectivity index (χ2v) is 7.59. The average molecular weight is 356 g/mol. The van der Waals surface area contributed by atoms with Crippen molar-refractivity contribution in [1.29, 1.82) is 0 Å². The molecular weight excluding hydrogens is 324 g/mol. The summed E-state index contributed by atoms with van der Waals surface area (Å²) in [7, 11) is 0. The average Bonchev–Trinajstić information content (AvgIpc) is 2.49. The van der Waals surface area contributed by atoms with Gasteiger partial charge in [0.25, 0.3) is 0 Å². The van der Waals surface area contributed by atoms with Gasteiger partial charge in [0, 0.05) is 24.7 Å². The van der Waals surface area contributed by atoms with E-state index in [1.165, 1.54) is 0 Å². The highest BCUT2D eigenvalue weighted by Crippen LogP contribution is 2.18. The smallest absolute Gasteiger partial charge is 0.321 e. The minimum absolute atomic E-state index is 0.0458. The zero-order chi connectivity index (χ0) is 19.2. The number of hydrogen-bond acceptors (Lipinski definition) is 5. The fourth-order valence-electron chi connectivity index (χ4n) is 3.07. The zero-order valence-electron chi connectivity index (χ0n) is 16.0. The lowest BCUT2D eigenvalue weighted by atomic mass is 10.0. The van der Waals surface area contributed by atoms with Crippen LogP contribution in [0.25, 0.3) is 0 Å². The number of amides is 3. The molecule has 1 atom stereocenters. The van der Waals surface area contributed by atoms with Gasteiger partial charge in [0.05, 0.1) is 12.6 Å². The summed E-state index contributed by atoms with van der Waals surface area (Å²) < 4.78 is 0. The Bertz CT molecular complexity index is 482. The van der Waals surface area contributed by atoms with Crippen LogP contribution < -0.4 is 10.6 Å². The summed E-state index contributed by atoms with van der Waals surface area (Å²) in [4.78, 5) is 39.0. The molecule has 1 aliphatic heterocycles. The number of nitrogens with one attached hydrogen (secondary N) is 2. The van der Waals surface area contributed by atoms with Gasteiger partial charge in [-0.2, -0.15) is 0 Å². The van der Waals surface area contributed by atoms with Crippen LogP contribution in [0.2, 0.25) is 0 Å². The number of nitrogens with zero attached hydrogens (tertiary/aromatic N) is 2. The molecule has 1 rings (SSSR count). The van der Waals surface area contributed by atoms with E-state index in [1.54, 1.807) is 6.92 Å². The minimum Gasteiger partial charge on any atom is -0.480 e. The lowest BCUT2D eigenvalue weighted by Crippen LogP contribution is -2.55. The highest BCUT2D eigenvalue weighted by molar-refractivity contribution is 5.97. The third-order valence-corrected chi connectivity index (χ3v) is 4.41. The number of carbonyl (C=O) groups excluding carboxylic acids is 2. The van der Waals surface area contributed by atoms with E-state index in [9.17, 15) is 14.4 Å². The second-order valence-electron chi connectivity index (χ2n) is 7.59. The summed E-state index contributed by atoms with van der Waals surface area (Å²) >= 11 is 0. The largest absolute Gasteiger partial charge is 0.480 e. The normalized spacial score (nSPS) is 18.0. The zero-order valence-corrected chi connectivity index (χ0v) is 16.0. The van der Waals surface area contributed by atoms with Crippen molar-refractivity contribution in [1.82, 2.24) is 20.4 Å². The van der Waals surface area contributed by atoms with Crippen molar-refractivity contribution in [2.24, 2.45) is 0 Å². The summed E-state index contributed by atoms with van der Waals surface area (Å²) in [6, 6.07) is -0.670. The van der Waals surface area contributed by atoms with Gasteiger partial charge < -0.3 is 10.4 Å². The number of carbonyl (C=O) groups is 3. The molecule has 1 unspecified atom stereocenters. The summed E-state index contributed by atoms with van der Waals surface area (Å²) in [5.41, 5.74) is -0.403. The number of hydrogen-bond donors (Lipinski definition) is 3. The molecule has 3 amide bonds. The number of urea groups is 1. The summed E-state index contributed by atoms with van der Waals surface area (Å²) in [6.45, 7) is 11.4. The van der Waals surface area contributed by atoms with Crippen LogP contribution >= 0.6 is 0 Å². The third-order valence-electron chi connectivity index (χ3n) is 4.41. The van der Waals surface area contributed by atoms with Crippen molar-refractivity contribution < 1.29 is 19.5 Å². The Morgan fingerprint density at radius 3 is 2.24 bits per heavy atom. The van der Waals surface area contributed by atoms with E-state index in [2.05, 4.69) is 10.6 Å². The predicted octanol–water partition coefficient (Wildman–Crippen LogP) is 0.870. The van der Waals surface area contributed by atoms with Crippen LogP contribution in [0.5, 0.6) is 0 Å². The highest BCUT2D eigenvalue weighted by atomic mass is 16.4. The first kappa shape index (κ1) is 21.4. The Kier molecular flexibility index (Phi) is 7.82. The topological polar surface area (TPSA) is 102 Å². The summed E-state index contributed by atoms with van der Waals surface area (Å²) in [6.07, 6.45) is 1.62. The maximum Gasteiger partial charge on any atom is 0.321 e. The molecule has 1 aliphatic rings. The molecule has 8 heteroatoms. The number of rotatable bonds is 6. The molecule has 1 fully saturated rings. The Morgan fingerprint density at radius 1 is 1.24 bits per heavy atom. The number of likely N-dealkylation sites (N-methyl/N-ethyl adjacent to an activating group) is 1. The second kappa shape index (κ2) is 9.15. The predicted molar refractivity (Wildman–Crippen MR) is 95.4 cm³/mol. The first-order valence-electron chi connectivity index (χ1n) is 8.86. The number of likely N-dealkylation sites (tertiary alicyclic amines) is 1. The van der Waals surface area contributed by atoms with Crippen LogP contribution in [-0.2, 0) is 9.59 Å². The molecule has 0 radical (unpaired) electrons. The van der Waals surface area contributed by atoms with E-state index < -0.39 is 23.6 Å². The Morgan fingerprint density at radius 2 is 1.80 bits per heavy atom. The molecule has 0 aromatic heterocycles. The minimum atomic E-state index is -0.818. The Balaban J connectivity index is 2.49. The number of piperidine rings is 1. The molecule has 0 saturated carbocycles. The number of imide groups is 1. The van der Waals surface area contributed by atoms with Crippen LogP contribution in [0, 0.1) is 0 Å². The SMILES string of the molecule is CCN(CC(=O)O)C1CCN(C(C)C(=O)NC(=O)NC(C)(C)C)CC1. The van der Waals surface area contributed by atoms with Gasteiger partial charge in [0.15, 0.2) is 0 Å². The number of carboxylic acids is 1. The molecule has 1 heterocycles.